The van der Waals surface area contributed by atoms with Gasteiger partial charge < -0.3 is 14.3 Å². The molecule has 3 rings (SSSR count). The lowest BCUT2D eigenvalue weighted by Crippen LogP contribution is -2.21. The molecule has 8 nitrogen and oxygen atoms in total. The van der Waals surface area contributed by atoms with Crippen LogP contribution >= 0.6 is 11.6 Å². The normalized spacial score (nSPS) is 10.6. The summed E-state index contributed by atoms with van der Waals surface area (Å²) in [4.78, 5) is 22.3. The van der Waals surface area contributed by atoms with Gasteiger partial charge in [0.25, 0.3) is 11.6 Å². The SMILES string of the molecule is Cc1cc(CNC(=O)c2ccc(-c3ccc([N+](=O)[O-])cc3Cl)o2)on1. The van der Waals surface area contributed by atoms with Gasteiger partial charge in [-0.3, -0.25) is 14.9 Å². The number of hydrogen-bond donors (Lipinski definition) is 1. The van der Waals surface area contributed by atoms with E-state index in [1.807, 2.05) is 0 Å². The fraction of sp³-hybridized carbons (Fsp3) is 0.125. The number of amides is 1. The molecule has 25 heavy (non-hydrogen) atoms. The van der Waals surface area contributed by atoms with Crippen LogP contribution in [-0.4, -0.2) is 16.0 Å². The van der Waals surface area contributed by atoms with E-state index >= 15 is 0 Å². The Balaban J connectivity index is 1.73. The summed E-state index contributed by atoms with van der Waals surface area (Å²) in [7, 11) is 0. The van der Waals surface area contributed by atoms with Crippen LogP contribution in [0.5, 0.6) is 0 Å². The van der Waals surface area contributed by atoms with Crippen molar-refractivity contribution in [3.63, 3.8) is 0 Å². The van der Waals surface area contributed by atoms with Gasteiger partial charge in [-0.1, -0.05) is 16.8 Å². The van der Waals surface area contributed by atoms with E-state index in [1.165, 1.54) is 24.3 Å². The van der Waals surface area contributed by atoms with Gasteiger partial charge in [-0.15, -0.1) is 0 Å². The third-order valence-corrected chi connectivity index (χ3v) is 3.67. The molecule has 0 unspecified atom stereocenters. The van der Waals surface area contributed by atoms with Crippen molar-refractivity contribution >= 4 is 23.2 Å². The van der Waals surface area contributed by atoms with Gasteiger partial charge in [-0.25, -0.2) is 0 Å². The third-order valence-electron chi connectivity index (χ3n) is 3.36. The summed E-state index contributed by atoms with van der Waals surface area (Å²) in [5.74, 6) is 0.510. The summed E-state index contributed by atoms with van der Waals surface area (Å²) < 4.78 is 10.5. The molecule has 0 saturated heterocycles. The van der Waals surface area contributed by atoms with E-state index in [0.29, 0.717) is 17.1 Å². The Kier molecular flexibility index (Phi) is 4.53. The molecule has 0 bridgehead atoms. The lowest BCUT2D eigenvalue weighted by Gasteiger charge is -2.02. The van der Waals surface area contributed by atoms with E-state index in [0.717, 1.165) is 5.69 Å². The standard InChI is InChI=1S/C16H12ClN3O5/c1-9-6-11(25-19-9)8-18-16(21)15-5-4-14(24-15)12-3-2-10(20(22)23)7-13(12)17/h2-7H,8H2,1H3,(H,18,21). The second-order valence-corrected chi connectivity index (χ2v) is 5.61. The molecule has 0 spiro atoms. The molecule has 0 radical (unpaired) electrons. The highest BCUT2D eigenvalue weighted by atomic mass is 35.5. The van der Waals surface area contributed by atoms with Crippen LogP contribution in [0.2, 0.25) is 5.02 Å². The minimum atomic E-state index is -0.540. The number of aromatic nitrogens is 1. The van der Waals surface area contributed by atoms with Crippen molar-refractivity contribution in [1.82, 2.24) is 10.5 Å². The third kappa shape index (κ3) is 3.69. The molecule has 2 aromatic heterocycles. The molecule has 128 valence electrons. The lowest BCUT2D eigenvalue weighted by molar-refractivity contribution is -0.384. The van der Waals surface area contributed by atoms with Crippen LogP contribution in [-0.2, 0) is 6.54 Å². The summed E-state index contributed by atoms with van der Waals surface area (Å²) in [5.41, 5.74) is 1.05. The van der Waals surface area contributed by atoms with Gasteiger partial charge in [0.05, 0.1) is 22.2 Å². The highest BCUT2D eigenvalue weighted by Gasteiger charge is 2.16. The predicted octanol–water partition coefficient (Wildman–Crippen LogP) is 3.73. The number of furan rings is 1. The molecule has 0 aliphatic rings. The van der Waals surface area contributed by atoms with E-state index in [-0.39, 0.29) is 23.0 Å². The molecular formula is C16H12ClN3O5. The molecule has 9 heteroatoms. The maximum atomic E-state index is 12.1. The summed E-state index contributed by atoms with van der Waals surface area (Å²) >= 11 is 6.06. The Morgan fingerprint density at radius 1 is 1.32 bits per heavy atom. The van der Waals surface area contributed by atoms with Crippen LogP contribution in [0.25, 0.3) is 11.3 Å². The quantitative estimate of drug-likeness (QED) is 0.547. The van der Waals surface area contributed by atoms with Crippen molar-refractivity contribution in [2.45, 2.75) is 13.5 Å². The number of carbonyl (C=O) groups is 1. The van der Waals surface area contributed by atoms with Crippen LogP contribution in [0.1, 0.15) is 22.0 Å². The molecule has 0 aliphatic carbocycles. The number of benzene rings is 1. The Morgan fingerprint density at radius 3 is 2.76 bits per heavy atom. The van der Waals surface area contributed by atoms with Crippen LogP contribution in [0.3, 0.4) is 0 Å². The van der Waals surface area contributed by atoms with E-state index in [4.69, 9.17) is 20.5 Å². The number of hydrogen-bond acceptors (Lipinski definition) is 6. The van der Waals surface area contributed by atoms with E-state index in [9.17, 15) is 14.9 Å². The first kappa shape index (κ1) is 16.7. The van der Waals surface area contributed by atoms with Gasteiger partial charge in [0.2, 0.25) is 0 Å². The zero-order valence-corrected chi connectivity index (χ0v) is 13.7. The highest BCUT2D eigenvalue weighted by Crippen LogP contribution is 2.32. The van der Waals surface area contributed by atoms with Crippen molar-refractivity contribution in [1.29, 1.82) is 0 Å². The Morgan fingerprint density at radius 2 is 2.12 bits per heavy atom. The average Bonchev–Trinajstić information content (AvgIpc) is 3.21. The molecular weight excluding hydrogens is 350 g/mol. The Hall–Kier alpha value is -3.13. The summed E-state index contributed by atoms with van der Waals surface area (Å²) in [6.45, 7) is 1.95. The molecule has 0 fully saturated rings. The number of nitro benzene ring substituents is 1. The number of halogens is 1. The van der Waals surface area contributed by atoms with Gasteiger partial charge in [0, 0.05) is 23.8 Å². The van der Waals surface area contributed by atoms with Gasteiger partial charge in [-0.2, -0.15) is 0 Å². The van der Waals surface area contributed by atoms with Crippen LogP contribution in [0.4, 0.5) is 5.69 Å². The van der Waals surface area contributed by atoms with Gasteiger partial charge in [0.1, 0.15) is 5.76 Å². The second kappa shape index (κ2) is 6.78. The molecule has 1 amide bonds. The van der Waals surface area contributed by atoms with Crippen molar-refractivity contribution in [3.8, 4) is 11.3 Å². The molecule has 0 aliphatic heterocycles. The van der Waals surface area contributed by atoms with Gasteiger partial charge in [0.15, 0.2) is 11.5 Å². The predicted molar refractivity (Wildman–Crippen MR) is 88.2 cm³/mol. The number of nitro groups is 1. The first-order valence-electron chi connectivity index (χ1n) is 7.18. The molecule has 1 N–H and O–H groups in total. The first-order chi connectivity index (χ1) is 11.9. The van der Waals surface area contributed by atoms with Crippen LogP contribution in [0, 0.1) is 17.0 Å². The van der Waals surface area contributed by atoms with Crippen LogP contribution < -0.4 is 5.32 Å². The second-order valence-electron chi connectivity index (χ2n) is 5.20. The maximum absolute atomic E-state index is 12.1. The molecule has 1 aromatic carbocycles. The largest absolute Gasteiger partial charge is 0.451 e. The summed E-state index contributed by atoms with van der Waals surface area (Å²) in [6.07, 6.45) is 0. The highest BCUT2D eigenvalue weighted by molar-refractivity contribution is 6.33. The Labute approximate surface area is 146 Å². The van der Waals surface area contributed by atoms with Crippen molar-refractivity contribution in [2.24, 2.45) is 0 Å². The summed E-state index contributed by atoms with van der Waals surface area (Å²) in [5, 5.41) is 17.3. The zero-order valence-electron chi connectivity index (χ0n) is 13.0. The lowest BCUT2D eigenvalue weighted by atomic mass is 10.1. The number of nitrogens with zero attached hydrogens (tertiary/aromatic N) is 2. The number of non-ortho nitro benzene ring substituents is 1. The summed E-state index contributed by atoms with van der Waals surface area (Å²) in [6, 6.07) is 8.79. The van der Waals surface area contributed by atoms with Crippen molar-refractivity contribution in [3.05, 3.63) is 68.7 Å². The topological polar surface area (TPSA) is 111 Å². The Bertz CT molecular complexity index is 947. The van der Waals surface area contributed by atoms with E-state index < -0.39 is 10.8 Å². The number of nitrogens with one attached hydrogen (secondary N) is 1. The van der Waals surface area contributed by atoms with Crippen LogP contribution in [0.15, 0.2) is 45.3 Å². The zero-order chi connectivity index (χ0) is 18.0. The molecule has 0 atom stereocenters. The monoisotopic (exact) mass is 361 g/mol. The van der Waals surface area contributed by atoms with Gasteiger partial charge >= 0.3 is 0 Å². The molecule has 0 saturated carbocycles. The fourth-order valence-electron chi connectivity index (χ4n) is 2.18. The number of carbonyl (C=O) groups excluding carboxylic acids is 1. The molecule has 3 aromatic rings. The average molecular weight is 362 g/mol. The van der Waals surface area contributed by atoms with Crippen molar-refractivity contribution < 1.29 is 18.7 Å². The van der Waals surface area contributed by atoms with E-state index in [2.05, 4.69) is 10.5 Å². The number of aryl methyl sites for hydroxylation is 1. The fourth-order valence-corrected chi connectivity index (χ4v) is 2.44. The molecule has 2 heterocycles. The van der Waals surface area contributed by atoms with Gasteiger partial charge in [-0.05, 0) is 25.1 Å². The maximum Gasteiger partial charge on any atom is 0.287 e. The minimum absolute atomic E-state index is 0.0839. The first-order valence-corrected chi connectivity index (χ1v) is 7.56. The van der Waals surface area contributed by atoms with Crippen molar-refractivity contribution in [2.75, 3.05) is 0 Å². The number of rotatable bonds is 5. The smallest absolute Gasteiger partial charge is 0.287 e. The van der Waals surface area contributed by atoms with E-state index in [1.54, 1.807) is 19.1 Å². The minimum Gasteiger partial charge on any atom is -0.451 e.